The molecule has 1 fully saturated rings. The number of phenolic OH excluding ortho intramolecular Hbond substituents is 1. The topological polar surface area (TPSA) is 95.7 Å². The second-order valence-electron chi connectivity index (χ2n) is 6.87. The van der Waals surface area contributed by atoms with E-state index in [4.69, 9.17) is 0 Å². The molecule has 0 unspecified atom stereocenters. The lowest BCUT2D eigenvalue weighted by Crippen LogP contribution is -2.41. The molecule has 2 aromatic carbocycles. The number of phenols is 1. The van der Waals surface area contributed by atoms with E-state index >= 15 is 0 Å². The van der Waals surface area contributed by atoms with Gasteiger partial charge in [0.15, 0.2) is 0 Å². The molecule has 1 aliphatic heterocycles. The molecule has 0 aromatic heterocycles. The molecule has 1 aliphatic rings. The van der Waals surface area contributed by atoms with Crippen molar-refractivity contribution in [2.75, 3.05) is 18.4 Å². The van der Waals surface area contributed by atoms with Crippen LogP contribution in [-0.4, -0.2) is 34.1 Å². The second kappa shape index (κ2) is 8.53. The number of anilines is 1. The van der Waals surface area contributed by atoms with Gasteiger partial charge in [-0.1, -0.05) is 18.2 Å². The Bertz CT molecular complexity index is 799. The number of piperidine rings is 1. The van der Waals surface area contributed by atoms with E-state index in [0.717, 1.165) is 25.7 Å². The number of nitrogens with one attached hydrogen (secondary N) is 1. The summed E-state index contributed by atoms with van der Waals surface area (Å²) in [7, 11) is 0. The van der Waals surface area contributed by atoms with Gasteiger partial charge in [0.1, 0.15) is 5.75 Å². The van der Waals surface area contributed by atoms with Crippen LogP contribution in [0.4, 0.5) is 16.2 Å². The van der Waals surface area contributed by atoms with Gasteiger partial charge >= 0.3 is 6.03 Å². The van der Waals surface area contributed by atoms with Crippen molar-refractivity contribution < 1.29 is 14.8 Å². The standard InChI is InChI=1S/C20H23N3O4/c24-19-8-6-15(7-9-19)4-5-16-10-12-22(13-11-16)20(25)21-17-2-1-3-18(14-17)23(26)27/h1-3,6-9,14,16,24H,4-5,10-13H2,(H,21,25). The predicted octanol–water partition coefficient (Wildman–Crippen LogP) is 4.18. The minimum Gasteiger partial charge on any atom is -0.508 e. The van der Waals surface area contributed by atoms with Gasteiger partial charge in [-0.25, -0.2) is 4.79 Å². The summed E-state index contributed by atoms with van der Waals surface area (Å²) in [5.74, 6) is 0.850. The van der Waals surface area contributed by atoms with Crippen LogP contribution in [0.2, 0.25) is 0 Å². The normalized spacial score (nSPS) is 14.7. The summed E-state index contributed by atoms with van der Waals surface area (Å²) in [6.07, 6.45) is 3.91. The number of nitrogens with zero attached hydrogens (tertiary/aromatic N) is 2. The number of amides is 2. The zero-order valence-electron chi connectivity index (χ0n) is 15.0. The summed E-state index contributed by atoms with van der Waals surface area (Å²) in [6, 6.07) is 13.0. The number of aromatic hydroxyl groups is 1. The molecule has 2 aromatic rings. The van der Waals surface area contributed by atoms with Crippen LogP contribution in [0.5, 0.6) is 5.75 Å². The van der Waals surface area contributed by atoms with Crippen molar-refractivity contribution in [1.82, 2.24) is 4.90 Å². The minimum atomic E-state index is -0.477. The van der Waals surface area contributed by atoms with Crippen LogP contribution in [-0.2, 0) is 6.42 Å². The van der Waals surface area contributed by atoms with Gasteiger partial charge in [-0.15, -0.1) is 0 Å². The van der Waals surface area contributed by atoms with Crippen LogP contribution in [0, 0.1) is 16.0 Å². The molecule has 0 spiro atoms. The van der Waals surface area contributed by atoms with Gasteiger partial charge in [-0.3, -0.25) is 10.1 Å². The number of likely N-dealkylation sites (tertiary alicyclic amines) is 1. The third-order valence-corrected chi connectivity index (χ3v) is 4.99. The highest BCUT2D eigenvalue weighted by molar-refractivity contribution is 5.89. The van der Waals surface area contributed by atoms with Crippen LogP contribution in [0.3, 0.4) is 0 Å². The van der Waals surface area contributed by atoms with E-state index in [9.17, 15) is 20.0 Å². The largest absolute Gasteiger partial charge is 0.508 e. The fourth-order valence-electron chi connectivity index (χ4n) is 3.36. The quantitative estimate of drug-likeness (QED) is 0.610. The van der Waals surface area contributed by atoms with E-state index in [2.05, 4.69) is 5.32 Å². The number of aryl methyl sites for hydroxylation is 1. The third-order valence-electron chi connectivity index (χ3n) is 4.99. The lowest BCUT2D eigenvalue weighted by molar-refractivity contribution is -0.384. The van der Waals surface area contributed by atoms with Crippen molar-refractivity contribution in [3.8, 4) is 5.75 Å². The molecule has 7 heteroatoms. The van der Waals surface area contributed by atoms with Gasteiger partial charge in [-0.2, -0.15) is 0 Å². The third kappa shape index (κ3) is 5.20. The molecular formula is C20H23N3O4. The van der Waals surface area contributed by atoms with Gasteiger partial charge < -0.3 is 15.3 Å². The second-order valence-corrected chi connectivity index (χ2v) is 6.87. The molecule has 0 saturated carbocycles. The first-order chi connectivity index (χ1) is 13.0. The molecule has 3 rings (SSSR count). The highest BCUT2D eigenvalue weighted by Crippen LogP contribution is 2.24. The number of benzene rings is 2. The number of urea groups is 1. The molecular weight excluding hydrogens is 346 g/mol. The summed E-state index contributed by atoms with van der Waals surface area (Å²) in [6.45, 7) is 1.36. The van der Waals surface area contributed by atoms with Crippen molar-refractivity contribution >= 4 is 17.4 Å². The number of rotatable bonds is 5. The highest BCUT2D eigenvalue weighted by atomic mass is 16.6. The summed E-state index contributed by atoms with van der Waals surface area (Å²) in [4.78, 5) is 24.5. The summed E-state index contributed by atoms with van der Waals surface area (Å²) >= 11 is 0. The van der Waals surface area contributed by atoms with E-state index < -0.39 is 4.92 Å². The Labute approximate surface area is 157 Å². The fraction of sp³-hybridized carbons (Fsp3) is 0.350. The number of carbonyl (C=O) groups excluding carboxylic acids is 1. The molecule has 0 atom stereocenters. The lowest BCUT2D eigenvalue weighted by Gasteiger charge is -2.32. The van der Waals surface area contributed by atoms with Crippen LogP contribution in [0.1, 0.15) is 24.8 Å². The van der Waals surface area contributed by atoms with Crippen LogP contribution < -0.4 is 5.32 Å². The Morgan fingerprint density at radius 3 is 2.56 bits per heavy atom. The maximum Gasteiger partial charge on any atom is 0.321 e. The monoisotopic (exact) mass is 369 g/mol. The summed E-state index contributed by atoms with van der Waals surface area (Å²) in [5.41, 5.74) is 1.60. The Balaban J connectivity index is 1.45. The highest BCUT2D eigenvalue weighted by Gasteiger charge is 2.23. The maximum atomic E-state index is 12.4. The van der Waals surface area contributed by atoms with Crippen LogP contribution in [0.25, 0.3) is 0 Å². The molecule has 7 nitrogen and oxygen atoms in total. The number of hydrogen-bond donors (Lipinski definition) is 2. The lowest BCUT2D eigenvalue weighted by atomic mass is 9.90. The molecule has 2 amide bonds. The molecule has 0 aliphatic carbocycles. The predicted molar refractivity (Wildman–Crippen MR) is 103 cm³/mol. The van der Waals surface area contributed by atoms with Crippen molar-refractivity contribution in [2.24, 2.45) is 5.92 Å². The molecule has 27 heavy (non-hydrogen) atoms. The zero-order valence-corrected chi connectivity index (χ0v) is 15.0. The number of carbonyl (C=O) groups is 1. The molecule has 1 heterocycles. The van der Waals surface area contributed by atoms with Crippen molar-refractivity contribution in [3.05, 3.63) is 64.2 Å². The molecule has 142 valence electrons. The van der Waals surface area contributed by atoms with Gasteiger partial charge in [0.05, 0.1) is 4.92 Å². The van der Waals surface area contributed by atoms with Crippen LogP contribution >= 0.6 is 0 Å². The summed E-state index contributed by atoms with van der Waals surface area (Å²) < 4.78 is 0. The number of nitro groups is 1. The molecule has 1 saturated heterocycles. The van der Waals surface area contributed by atoms with E-state index in [1.807, 2.05) is 12.1 Å². The molecule has 2 N–H and O–H groups in total. The molecule has 0 radical (unpaired) electrons. The SMILES string of the molecule is O=C(Nc1cccc([N+](=O)[O-])c1)N1CCC(CCc2ccc(O)cc2)CC1. The van der Waals surface area contributed by atoms with Crippen LogP contribution in [0.15, 0.2) is 48.5 Å². The van der Waals surface area contributed by atoms with Crippen molar-refractivity contribution in [1.29, 1.82) is 0 Å². The van der Waals surface area contributed by atoms with Crippen molar-refractivity contribution in [3.63, 3.8) is 0 Å². The molecule has 0 bridgehead atoms. The first-order valence-corrected chi connectivity index (χ1v) is 9.09. The average Bonchev–Trinajstić information content (AvgIpc) is 2.68. The Morgan fingerprint density at radius 1 is 1.19 bits per heavy atom. The first kappa shape index (κ1) is 18.7. The average molecular weight is 369 g/mol. The fourth-order valence-corrected chi connectivity index (χ4v) is 3.36. The van der Waals surface area contributed by atoms with E-state index in [1.54, 1.807) is 29.2 Å². The van der Waals surface area contributed by atoms with E-state index in [0.29, 0.717) is 24.7 Å². The van der Waals surface area contributed by atoms with E-state index in [1.165, 1.54) is 17.7 Å². The van der Waals surface area contributed by atoms with Gasteiger partial charge in [0, 0.05) is 30.9 Å². The van der Waals surface area contributed by atoms with Gasteiger partial charge in [-0.05, 0) is 55.4 Å². The maximum absolute atomic E-state index is 12.4. The Morgan fingerprint density at radius 2 is 1.89 bits per heavy atom. The first-order valence-electron chi connectivity index (χ1n) is 9.09. The summed E-state index contributed by atoms with van der Waals surface area (Å²) in [5, 5.41) is 22.9. The number of hydrogen-bond acceptors (Lipinski definition) is 4. The van der Waals surface area contributed by atoms with Crippen molar-refractivity contribution in [2.45, 2.75) is 25.7 Å². The number of nitro benzene ring substituents is 1. The zero-order chi connectivity index (χ0) is 19.2. The number of non-ortho nitro benzene ring substituents is 1. The minimum absolute atomic E-state index is 0.0410. The van der Waals surface area contributed by atoms with Gasteiger partial charge in [0.25, 0.3) is 5.69 Å². The Hall–Kier alpha value is -3.09. The van der Waals surface area contributed by atoms with E-state index in [-0.39, 0.29) is 17.5 Å². The smallest absolute Gasteiger partial charge is 0.321 e. The van der Waals surface area contributed by atoms with Gasteiger partial charge in [0.2, 0.25) is 0 Å². The Kier molecular flexibility index (Phi) is 5.90.